The zero-order valence-electron chi connectivity index (χ0n) is 12.0. The van der Waals surface area contributed by atoms with Gasteiger partial charge in [0.05, 0.1) is 19.2 Å². The smallest absolute Gasteiger partial charge is 0.240 e. The summed E-state index contributed by atoms with van der Waals surface area (Å²) in [6.07, 6.45) is 0. The van der Waals surface area contributed by atoms with Crippen molar-refractivity contribution >= 4 is 15.9 Å². The van der Waals surface area contributed by atoms with Gasteiger partial charge in [0.1, 0.15) is 5.75 Å². The molecule has 0 fully saturated rings. The van der Waals surface area contributed by atoms with Gasteiger partial charge < -0.3 is 15.0 Å². The third-order valence-corrected chi connectivity index (χ3v) is 3.41. The molecule has 0 aliphatic carbocycles. The summed E-state index contributed by atoms with van der Waals surface area (Å²) in [6.45, 7) is 6.60. The Bertz CT molecular complexity index is 617. The van der Waals surface area contributed by atoms with E-state index in [1.54, 1.807) is 7.11 Å². The summed E-state index contributed by atoms with van der Waals surface area (Å²) in [7, 11) is 1.64. The highest BCUT2D eigenvalue weighted by Gasteiger charge is 2.24. The van der Waals surface area contributed by atoms with Gasteiger partial charge in [-0.15, -0.1) is 0 Å². The van der Waals surface area contributed by atoms with Gasteiger partial charge in [-0.1, -0.05) is 41.9 Å². The topological polar surface area (TPSA) is 74.2 Å². The van der Waals surface area contributed by atoms with Gasteiger partial charge in [0.15, 0.2) is 0 Å². The van der Waals surface area contributed by atoms with Crippen molar-refractivity contribution in [3.8, 4) is 17.1 Å². The second-order valence-electron chi connectivity index (χ2n) is 5.50. The molecule has 2 N–H and O–H groups in total. The van der Waals surface area contributed by atoms with E-state index >= 15 is 0 Å². The maximum atomic E-state index is 5.58. The molecule has 1 aromatic carbocycles. The summed E-state index contributed by atoms with van der Waals surface area (Å²) in [5.74, 6) is 1.64. The maximum Gasteiger partial charge on any atom is 0.240 e. The van der Waals surface area contributed by atoms with E-state index in [0.29, 0.717) is 11.7 Å². The molecule has 0 unspecified atom stereocenters. The molecule has 0 aliphatic rings. The van der Waals surface area contributed by atoms with Gasteiger partial charge in [-0.2, -0.15) is 4.98 Å². The molecule has 0 bridgehead atoms. The molecule has 0 saturated heterocycles. The fraction of sp³-hybridized carbons (Fsp3) is 0.429. The minimum absolute atomic E-state index is 0.0652. The number of hydrogen-bond acceptors (Lipinski definition) is 5. The molecule has 108 valence electrons. The second-order valence-corrected chi connectivity index (χ2v) is 6.42. The highest BCUT2D eigenvalue weighted by molar-refractivity contribution is 9.10. The third-order valence-electron chi connectivity index (χ3n) is 2.95. The van der Waals surface area contributed by atoms with Crippen molar-refractivity contribution in [2.75, 3.05) is 7.11 Å². The van der Waals surface area contributed by atoms with Gasteiger partial charge in [0, 0.05) is 10.0 Å². The summed E-state index contributed by atoms with van der Waals surface area (Å²) in [5, 5.41) is 3.96. The Morgan fingerprint density at radius 2 is 2.05 bits per heavy atom. The maximum absolute atomic E-state index is 5.58. The first kappa shape index (κ1) is 15.0. The third kappa shape index (κ3) is 2.86. The molecule has 20 heavy (non-hydrogen) atoms. The van der Waals surface area contributed by atoms with Gasteiger partial charge >= 0.3 is 0 Å². The fourth-order valence-electron chi connectivity index (χ4n) is 1.98. The van der Waals surface area contributed by atoms with E-state index in [1.165, 1.54) is 0 Å². The number of halogens is 1. The molecule has 2 aromatic rings. The van der Waals surface area contributed by atoms with E-state index in [2.05, 4.69) is 46.8 Å². The molecule has 2 rings (SSSR count). The first-order valence-corrected chi connectivity index (χ1v) is 7.07. The highest BCUT2D eigenvalue weighted by atomic mass is 79.9. The van der Waals surface area contributed by atoms with Crippen LogP contribution in [0.1, 0.15) is 32.2 Å². The number of rotatable bonds is 3. The second kappa shape index (κ2) is 5.54. The summed E-state index contributed by atoms with van der Waals surface area (Å²) in [6, 6.07) is 3.96. The average molecular weight is 340 g/mol. The first-order valence-electron chi connectivity index (χ1n) is 6.28. The van der Waals surface area contributed by atoms with Crippen LogP contribution in [0, 0.1) is 0 Å². The lowest BCUT2D eigenvalue weighted by Crippen LogP contribution is -2.13. The largest absolute Gasteiger partial charge is 0.496 e. The Hall–Kier alpha value is -1.40. The van der Waals surface area contributed by atoms with E-state index in [1.807, 2.05) is 12.1 Å². The van der Waals surface area contributed by atoms with Crippen LogP contribution in [0.4, 0.5) is 0 Å². The fourth-order valence-corrected chi connectivity index (χ4v) is 2.44. The summed E-state index contributed by atoms with van der Waals surface area (Å²) >= 11 is 3.52. The molecule has 0 spiro atoms. The molecule has 6 heteroatoms. The van der Waals surface area contributed by atoms with Gasteiger partial charge in [0.2, 0.25) is 11.7 Å². The van der Waals surface area contributed by atoms with Crippen molar-refractivity contribution < 1.29 is 9.26 Å². The lowest BCUT2D eigenvalue weighted by atomic mass is 9.85. The van der Waals surface area contributed by atoms with Crippen LogP contribution in [0.3, 0.4) is 0 Å². The quantitative estimate of drug-likeness (QED) is 0.928. The summed E-state index contributed by atoms with van der Waals surface area (Å²) in [5.41, 5.74) is 7.30. The van der Waals surface area contributed by atoms with E-state index < -0.39 is 0 Å². The van der Waals surface area contributed by atoms with Crippen LogP contribution in [0.2, 0.25) is 0 Å². The Morgan fingerprint density at radius 3 is 2.55 bits per heavy atom. The van der Waals surface area contributed by atoms with E-state index in [9.17, 15) is 0 Å². The Labute approximate surface area is 126 Å². The molecule has 0 saturated carbocycles. The average Bonchev–Trinajstić information content (AvgIpc) is 2.85. The SMILES string of the molecule is COc1c(-c2noc(CN)n2)cc(Br)cc1C(C)(C)C. The van der Waals surface area contributed by atoms with Gasteiger partial charge in [0.25, 0.3) is 0 Å². The summed E-state index contributed by atoms with van der Waals surface area (Å²) in [4.78, 5) is 4.27. The minimum Gasteiger partial charge on any atom is -0.496 e. The van der Waals surface area contributed by atoms with Gasteiger partial charge in [-0.05, 0) is 17.5 Å². The predicted octanol–water partition coefficient (Wildman–Crippen LogP) is 3.26. The number of ether oxygens (including phenoxy) is 1. The molecular formula is C14H18BrN3O2. The number of nitrogens with two attached hydrogens (primary N) is 1. The van der Waals surface area contributed by atoms with Crippen LogP contribution in [0.5, 0.6) is 5.75 Å². The van der Waals surface area contributed by atoms with Crippen LogP contribution >= 0.6 is 15.9 Å². The molecule has 1 heterocycles. The van der Waals surface area contributed by atoms with Crippen molar-refractivity contribution in [2.24, 2.45) is 5.73 Å². The number of aromatic nitrogens is 2. The molecule has 0 aliphatic heterocycles. The van der Waals surface area contributed by atoms with Crippen molar-refractivity contribution in [2.45, 2.75) is 32.7 Å². The Morgan fingerprint density at radius 1 is 1.35 bits per heavy atom. The van der Waals surface area contributed by atoms with Crippen LogP contribution in [0.15, 0.2) is 21.1 Å². The van der Waals surface area contributed by atoms with Gasteiger partial charge in [-0.25, -0.2) is 0 Å². The predicted molar refractivity (Wildman–Crippen MR) is 80.6 cm³/mol. The molecule has 0 amide bonds. The van der Waals surface area contributed by atoms with Crippen molar-refractivity contribution in [1.29, 1.82) is 0 Å². The summed E-state index contributed by atoms with van der Waals surface area (Å²) < 4.78 is 11.6. The lowest BCUT2D eigenvalue weighted by Gasteiger charge is -2.23. The zero-order valence-corrected chi connectivity index (χ0v) is 13.6. The standard InChI is InChI=1S/C14H18BrN3O2/c1-14(2,3)10-6-8(15)5-9(12(10)19-4)13-17-11(7-16)20-18-13/h5-6H,7,16H2,1-4H3. The van der Waals surface area contributed by atoms with E-state index in [4.69, 9.17) is 15.0 Å². The minimum atomic E-state index is -0.0652. The Balaban J connectivity index is 2.66. The van der Waals surface area contributed by atoms with E-state index in [0.717, 1.165) is 21.3 Å². The van der Waals surface area contributed by atoms with Crippen molar-refractivity contribution in [1.82, 2.24) is 10.1 Å². The van der Waals surface area contributed by atoms with Crippen LogP contribution < -0.4 is 10.5 Å². The lowest BCUT2D eigenvalue weighted by molar-refractivity contribution is 0.379. The molecule has 1 aromatic heterocycles. The number of methoxy groups -OCH3 is 1. The number of hydrogen-bond donors (Lipinski definition) is 1. The number of benzene rings is 1. The Kier molecular flexibility index (Phi) is 4.15. The van der Waals surface area contributed by atoms with Gasteiger partial charge in [-0.3, -0.25) is 0 Å². The van der Waals surface area contributed by atoms with E-state index in [-0.39, 0.29) is 12.0 Å². The number of nitrogens with zero attached hydrogens (tertiary/aromatic N) is 2. The van der Waals surface area contributed by atoms with Crippen LogP contribution in [-0.4, -0.2) is 17.3 Å². The highest BCUT2D eigenvalue weighted by Crippen LogP contribution is 2.40. The van der Waals surface area contributed by atoms with Crippen LogP contribution in [0.25, 0.3) is 11.4 Å². The molecule has 0 atom stereocenters. The molecular weight excluding hydrogens is 322 g/mol. The van der Waals surface area contributed by atoms with Crippen molar-refractivity contribution in [3.05, 3.63) is 28.1 Å². The monoisotopic (exact) mass is 339 g/mol. The zero-order chi connectivity index (χ0) is 14.9. The molecule has 5 nitrogen and oxygen atoms in total. The first-order chi connectivity index (χ1) is 9.36. The van der Waals surface area contributed by atoms with Crippen molar-refractivity contribution in [3.63, 3.8) is 0 Å². The molecule has 0 radical (unpaired) electrons. The normalized spacial score (nSPS) is 11.7. The van der Waals surface area contributed by atoms with Crippen LogP contribution in [-0.2, 0) is 12.0 Å².